The van der Waals surface area contributed by atoms with Crippen LogP contribution in [0.2, 0.25) is 0 Å². The van der Waals surface area contributed by atoms with E-state index in [1.165, 1.54) is 19.3 Å². The Morgan fingerprint density at radius 1 is 1.13 bits per heavy atom. The van der Waals surface area contributed by atoms with Gasteiger partial charge in [-0.3, -0.25) is 0 Å². The lowest BCUT2D eigenvalue weighted by molar-refractivity contribution is 0.0509. The lowest BCUT2D eigenvalue weighted by Crippen LogP contribution is -2.29. The molecule has 1 N–H and O–H groups in total. The first-order chi connectivity index (χ1) is 7.20. The summed E-state index contributed by atoms with van der Waals surface area (Å²) >= 11 is 0. The topological polar surface area (TPSA) is 23.5 Å². The first-order valence-electron chi connectivity index (χ1n) is 6.32. The number of hydrogen-bond acceptors (Lipinski definition) is 2. The summed E-state index contributed by atoms with van der Waals surface area (Å²) in [7, 11) is 0. The van der Waals surface area contributed by atoms with Crippen molar-refractivity contribution in [3.05, 3.63) is 12.2 Å². The smallest absolute Gasteiger partial charge is 0.0828 e. The second kappa shape index (κ2) is 6.29. The summed E-state index contributed by atoms with van der Waals surface area (Å²) in [6.07, 6.45) is 9.69. The Hall–Kier alpha value is -0.340. The van der Waals surface area contributed by atoms with Crippen LogP contribution in [0.1, 0.15) is 46.0 Å². The molecule has 0 amide bonds. The Morgan fingerprint density at radius 2 is 1.73 bits per heavy atom. The van der Waals surface area contributed by atoms with Crippen LogP contribution in [-0.2, 0) is 0 Å². The summed E-state index contributed by atoms with van der Waals surface area (Å²) in [5.41, 5.74) is -0.495. The third-order valence-corrected chi connectivity index (χ3v) is 3.41. The van der Waals surface area contributed by atoms with Crippen LogP contribution in [0.3, 0.4) is 0 Å². The van der Waals surface area contributed by atoms with E-state index in [1.54, 1.807) is 0 Å². The first kappa shape index (κ1) is 12.7. The van der Waals surface area contributed by atoms with Gasteiger partial charge in [0.05, 0.1) is 5.60 Å². The molecule has 0 atom stereocenters. The van der Waals surface area contributed by atoms with Gasteiger partial charge in [-0.25, -0.2) is 0 Å². The molecule has 0 radical (unpaired) electrons. The number of nitrogens with zero attached hydrogens (tertiary/aromatic N) is 1. The molecule has 88 valence electrons. The molecule has 1 aliphatic rings. The van der Waals surface area contributed by atoms with Crippen molar-refractivity contribution in [2.24, 2.45) is 0 Å². The highest BCUT2D eigenvalue weighted by molar-refractivity contribution is 5.03. The molecule has 0 unspecified atom stereocenters. The fourth-order valence-electron chi connectivity index (χ4n) is 2.23. The third-order valence-electron chi connectivity index (χ3n) is 3.41. The molecule has 1 saturated carbocycles. The molecule has 0 aromatic carbocycles. The normalized spacial score (nSPS) is 21.3. The summed E-state index contributed by atoms with van der Waals surface area (Å²) < 4.78 is 0. The van der Waals surface area contributed by atoms with Gasteiger partial charge in [-0.1, -0.05) is 45.3 Å². The van der Waals surface area contributed by atoms with Crippen LogP contribution in [0.5, 0.6) is 0 Å². The fraction of sp³-hybridized carbons (Fsp3) is 0.846. The molecule has 15 heavy (non-hydrogen) atoms. The number of likely N-dealkylation sites (N-methyl/N-ethyl adjacent to an activating group) is 1. The van der Waals surface area contributed by atoms with Crippen LogP contribution >= 0.6 is 0 Å². The molecule has 0 heterocycles. The summed E-state index contributed by atoms with van der Waals surface area (Å²) in [5.74, 6) is 0. The molecule has 1 aliphatic carbocycles. The minimum atomic E-state index is -0.495. The molecule has 0 aliphatic heterocycles. The SMILES string of the molecule is CCN(CC)CC=CC1(O)CCCCC1. The molecule has 0 aromatic heterocycles. The van der Waals surface area contributed by atoms with Crippen molar-refractivity contribution in [1.29, 1.82) is 0 Å². The third kappa shape index (κ3) is 4.35. The van der Waals surface area contributed by atoms with E-state index in [2.05, 4.69) is 24.8 Å². The van der Waals surface area contributed by atoms with E-state index in [-0.39, 0.29) is 0 Å². The van der Waals surface area contributed by atoms with Gasteiger partial charge < -0.3 is 10.0 Å². The Bertz CT molecular complexity index is 191. The fourth-order valence-corrected chi connectivity index (χ4v) is 2.23. The van der Waals surface area contributed by atoms with Crippen LogP contribution < -0.4 is 0 Å². The maximum absolute atomic E-state index is 10.2. The quantitative estimate of drug-likeness (QED) is 0.707. The van der Waals surface area contributed by atoms with Crippen molar-refractivity contribution >= 4 is 0 Å². The highest BCUT2D eigenvalue weighted by Gasteiger charge is 2.25. The van der Waals surface area contributed by atoms with Crippen LogP contribution in [-0.4, -0.2) is 35.2 Å². The van der Waals surface area contributed by atoms with Crippen molar-refractivity contribution in [2.45, 2.75) is 51.6 Å². The lowest BCUT2D eigenvalue weighted by atomic mass is 9.85. The highest BCUT2D eigenvalue weighted by atomic mass is 16.3. The van der Waals surface area contributed by atoms with E-state index in [0.29, 0.717) is 0 Å². The van der Waals surface area contributed by atoms with E-state index in [1.807, 2.05) is 6.08 Å². The summed E-state index contributed by atoms with van der Waals surface area (Å²) in [6, 6.07) is 0. The average molecular weight is 211 g/mol. The minimum absolute atomic E-state index is 0.495. The maximum atomic E-state index is 10.2. The standard InChI is InChI=1S/C13H25NO/c1-3-14(4-2)12-8-11-13(15)9-6-5-7-10-13/h8,11,15H,3-7,9-10,12H2,1-2H3. The largest absolute Gasteiger partial charge is 0.386 e. The van der Waals surface area contributed by atoms with Crippen molar-refractivity contribution in [3.63, 3.8) is 0 Å². The van der Waals surface area contributed by atoms with Crippen molar-refractivity contribution in [1.82, 2.24) is 4.90 Å². The minimum Gasteiger partial charge on any atom is -0.386 e. The van der Waals surface area contributed by atoms with Crippen LogP contribution in [0, 0.1) is 0 Å². The zero-order valence-corrected chi connectivity index (χ0v) is 10.2. The monoisotopic (exact) mass is 211 g/mol. The summed E-state index contributed by atoms with van der Waals surface area (Å²) in [5, 5.41) is 10.2. The Balaban J connectivity index is 2.34. The highest BCUT2D eigenvalue weighted by Crippen LogP contribution is 2.28. The van der Waals surface area contributed by atoms with Gasteiger partial charge in [0.15, 0.2) is 0 Å². The molecule has 0 bridgehead atoms. The van der Waals surface area contributed by atoms with Gasteiger partial charge in [0.2, 0.25) is 0 Å². The zero-order chi connectivity index (χ0) is 11.1. The van der Waals surface area contributed by atoms with Gasteiger partial charge in [0, 0.05) is 6.54 Å². The first-order valence-corrected chi connectivity index (χ1v) is 6.32. The Kier molecular flexibility index (Phi) is 5.34. The van der Waals surface area contributed by atoms with Crippen molar-refractivity contribution in [2.75, 3.05) is 19.6 Å². The van der Waals surface area contributed by atoms with E-state index >= 15 is 0 Å². The molecule has 0 aromatic rings. The zero-order valence-electron chi connectivity index (χ0n) is 10.2. The molecular weight excluding hydrogens is 186 g/mol. The molecule has 0 spiro atoms. The van der Waals surface area contributed by atoms with Crippen LogP contribution in [0.25, 0.3) is 0 Å². The van der Waals surface area contributed by atoms with Gasteiger partial charge in [0.1, 0.15) is 0 Å². The molecule has 1 rings (SSSR count). The van der Waals surface area contributed by atoms with Gasteiger partial charge in [-0.05, 0) is 25.9 Å². The van der Waals surface area contributed by atoms with E-state index in [4.69, 9.17) is 0 Å². The van der Waals surface area contributed by atoms with Crippen LogP contribution in [0.4, 0.5) is 0 Å². The number of rotatable bonds is 5. The van der Waals surface area contributed by atoms with Crippen molar-refractivity contribution in [3.8, 4) is 0 Å². The Morgan fingerprint density at radius 3 is 2.27 bits per heavy atom. The van der Waals surface area contributed by atoms with Crippen LogP contribution in [0.15, 0.2) is 12.2 Å². The maximum Gasteiger partial charge on any atom is 0.0828 e. The predicted molar refractivity (Wildman–Crippen MR) is 65.0 cm³/mol. The van der Waals surface area contributed by atoms with Gasteiger partial charge >= 0.3 is 0 Å². The van der Waals surface area contributed by atoms with E-state index in [9.17, 15) is 5.11 Å². The van der Waals surface area contributed by atoms with Crippen molar-refractivity contribution < 1.29 is 5.11 Å². The predicted octanol–water partition coefficient (Wildman–Crippen LogP) is 2.58. The Labute approximate surface area is 94.0 Å². The van der Waals surface area contributed by atoms with Gasteiger partial charge in [-0.15, -0.1) is 0 Å². The number of hydrogen-bond donors (Lipinski definition) is 1. The van der Waals surface area contributed by atoms with E-state index in [0.717, 1.165) is 32.5 Å². The second-order valence-corrected chi connectivity index (χ2v) is 4.55. The molecule has 0 saturated heterocycles. The van der Waals surface area contributed by atoms with Gasteiger partial charge in [0.25, 0.3) is 0 Å². The molecule has 2 nitrogen and oxygen atoms in total. The lowest BCUT2D eigenvalue weighted by Gasteiger charge is -2.29. The van der Waals surface area contributed by atoms with Gasteiger partial charge in [-0.2, -0.15) is 0 Å². The molecule has 2 heteroatoms. The summed E-state index contributed by atoms with van der Waals surface area (Å²) in [4.78, 5) is 2.35. The molecular formula is C13H25NO. The van der Waals surface area contributed by atoms with E-state index < -0.39 is 5.60 Å². The molecule has 1 fully saturated rings. The second-order valence-electron chi connectivity index (χ2n) is 4.55. The summed E-state index contributed by atoms with van der Waals surface area (Å²) in [6.45, 7) is 7.48. The number of aliphatic hydroxyl groups is 1. The average Bonchev–Trinajstić information content (AvgIpc) is 2.25.